The Kier molecular flexibility index (Phi) is 12.0. The third-order valence-corrected chi connectivity index (χ3v) is 4.53. The largest absolute Gasteiger partial charge is 0.480 e. The molecule has 0 radical (unpaired) electrons. The van der Waals surface area contributed by atoms with Gasteiger partial charge in [0.2, 0.25) is 23.6 Å². The quantitative estimate of drug-likeness (QED) is 0.136. The molecule has 0 saturated heterocycles. The Morgan fingerprint density at radius 1 is 0.933 bits per heavy atom. The molecule has 9 N–H and O–H groups in total. The summed E-state index contributed by atoms with van der Waals surface area (Å²) in [6.07, 6.45) is -1.80. The molecule has 30 heavy (non-hydrogen) atoms. The van der Waals surface area contributed by atoms with Crippen LogP contribution in [0.5, 0.6) is 0 Å². The molecule has 13 heteroatoms. The van der Waals surface area contributed by atoms with Crippen molar-refractivity contribution in [1.82, 2.24) is 16.0 Å². The standard InChI is InChI=1S/C17H31N5O7S/c1-7(2)12(17(28)29)21-16(27)13(8(3)23)22-15(26)10(4-5-11(19)24)20-14(25)9(18)6-30/h7-10,12-13,23,30H,4-6,18H2,1-3H3,(H2,19,24)(H,20,25)(H,21,27)(H,22,26)(H,28,29). The lowest BCUT2D eigenvalue weighted by molar-refractivity contribution is -0.144. The van der Waals surface area contributed by atoms with Crippen molar-refractivity contribution in [3.05, 3.63) is 0 Å². The molecule has 0 aliphatic rings. The average Bonchev–Trinajstić information content (AvgIpc) is 2.64. The normalized spacial score (nSPS) is 16.0. The number of hydrogen-bond acceptors (Lipinski definition) is 8. The summed E-state index contributed by atoms with van der Waals surface area (Å²) in [7, 11) is 0. The van der Waals surface area contributed by atoms with E-state index in [4.69, 9.17) is 11.5 Å². The van der Waals surface area contributed by atoms with Crippen molar-refractivity contribution in [2.45, 2.75) is 63.9 Å². The summed E-state index contributed by atoms with van der Waals surface area (Å²) in [5.74, 6) is -4.96. The third kappa shape index (κ3) is 9.41. The fraction of sp³-hybridized carbons (Fsp3) is 0.706. The number of aliphatic hydroxyl groups is 1. The lowest BCUT2D eigenvalue weighted by atomic mass is 10.0. The summed E-state index contributed by atoms with van der Waals surface area (Å²) < 4.78 is 0. The van der Waals surface area contributed by atoms with Gasteiger partial charge in [0.25, 0.3) is 0 Å². The van der Waals surface area contributed by atoms with Gasteiger partial charge in [-0.1, -0.05) is 13.8 Å². The lowest BCUT2D eigenvalue weighted by Crippen LogP contribution is -2.60. The molecule has 4 amide bonds. The minimum Gasteiger partial charge on any atom is -0.480 e. The molecule has 0 spiro atoms. The fourth-order valence-corrected chi connectivity index (χ4v) is 2.50. The molecule has 0 aliphatic carbocycles. The zero-order valence-electron chi connectivity index (χ0n) is 17.1. The van der Waals surface area contributed by atoms with Crippen molar-refractivity contribution < 1.29 is 34.2 Å². The van der Waals surface area contributed by atoms with Gasteiger partial charge in [0.15, 0.2) is 0 Å². The number of aliphatic hydroxyl groups excluding tert-OH is 1. The number of thiol groups is 1. The van der Waals surface area contributed by atoms with E-state index >= 15 is 0 Å². The van der Waals surface area contributed by atoms with Gasteiger partial charge in [0.05, 0.1) is 12.1 Å². The maximum absolute atomic E-state index is 12.6. The van der Waals surface area contributed by atoms with Gasteiger partial charge >= 0.3 is 5.97 Å². The summed E-state index contributed by atoms with van der Waals surface area (Å²) in [4.78, 5) is 59.5. The smallest absolute Gasteiger partial charge is 0.326 e. The van der Waals surface area contributed by atoms with Crippen LogP contribution in [0.2, 0.25) is 0 Å². The van der Waals surface area contributed by atoms with Crippen LogP contribution >= 0.6 is 12.6 Å². The van der Waals surface area contributed by atoms with Crippen LogP contribution in [0.1, 0.15) is 33.6 Å². The molecule has 0 bridgehead atoms. The molecular weight excluding hydrogens is 418 g/mol. The van der Waals surface area contributed by atoms with Crippen molar-refractivity contribution in [2.24, 2.45) is 17.4 Å². The zero-order chi connectivity index (χ0) is 23.6. The van der Waals surface area contributed by atoms with Crippen molar-refractivity contribution >= 4 is 42.2 Å². The van der Waals surface area contributed by atoms with Crippen molar-refractivity contribution in [2.75, 3.05) is 5.75 Å². The third-order valence-electron chi connectivity index (χ3n) is 4.14. The van der Waals surface area contributed by atoms with Gasteiger partial charge in [-0.2, -0.15) is 12.6 Å². The van der Waals surface area contributed by atoms with Gasteiger partial charge in [-0.25, -0.2) is 4.79 Å². The molecule has 0 saturated carbocycles. The van der Waals surface area contributed by atoms with E-state index in [1.54, 1.807) is 13.8 Å². The SMILES string of the molecule is CC(C)C(NC(=O)C(NC(=O)C(CCC(N)=O)NC(=O)C(N)CS)C(C)O)C(=O)O. The maximum Gasteiger partial charge on any atom is 0.326 e. The topological polar surface area (TPSA) is 214 Å². The van der Waals surface area contributed by atoms with Gasteiger partial charge < -0.3 is 37.6 Å². The van der Waals surface area contributed by atoms with Crippen LogP contribution in [0.25, 0.3) is 0 Å². The number of nitrogens with one attached hydrogen (secondary N) is 3. The van der Waals surface area contributed by atoms with Crippen LogP contribution in [-0.2, 0) is 24.0 Å². The van der Waals surface area contributed by atoms with E-state index < -0.39 is 65.8 Å². The fourth-order valence-electron chi connectivity index (χ4n) is 2.33. The van der Waals surface area contributed by atoms with Crippen molar-refractivity contribution in [1.29, 1.82) is 0 Å². The lowest BCUT2D eigenvalue weighted by Gasteiger charge is -2.27. The zero-order valence-corrected chi connectivity index (χ0v) is 18.0. The molecule has 0 aliphatic heterocycles. The summed E-state index contributed by atoms with van der Waals surface area (Å²) in [6.45, 7) is 4.38. The second kappa shape index (κ2) is 13.0. The molecule has 0 aromatic rings. The van der Waals surface area contributed by atoms with E-state index in [0.717, 1.165) is 0 Å². The van der Waals surface area contributed by atoms with E-state index in [1.165, 1.54) is 6.92 Å². The Morgan fingerprint density at radius 3 is 1.87 bits per heavy atom. The minimum absolute atomic E-state index is 0.000472. The number of carboxylic acid groups (broad SMARTS) is 1. The first-order valence-corrected chi connectivity index (χ1v) is 9.91. The molecule has 0 fully saturated rings. The van der Waals surface area contributed by atoms with Gasteiger partial charge in [-0.15, -0.1) is 0 Å². The average molecular weight is 450 g/mol. The summed E-state index contributed by atoms with van der Waals surface area (Å²) in [5, 5.41) is 26.0. The molecule has 0 rings (SSSR count). The van der Waals surface area contributed by atoms with Gasteiger partial charge in [0.1, 0.15) is 18.1 Å². The van der Waals surface area contributed by atoms with Crippen LogP contribution in [0.3, 0.4) is 0 Å². The second-order valence-electron chi connectivity index (χ2n) is 7.15. The van der Waals surface area contributed by atoms with Crippen LogP contribution in [0, 0.1) is 5.92 Å². The summed E-state index contributed by atoms with van der Waals surface area (Å²) in [5.41, 5.74) is 10.6. The highest BCUT2D eigenvalue weighted by molar-refractivity contribution is 7.80. The number of carbonyl (C=O) groups is 5. The Balaban J connectivity index is 5.43. The number of hydrogen-bond donors (Lipinski definition) is 8. The number of nitrogens with two attached hydrogens (primary N) is 2. The van der Waals surface area contributed by atoms with Gasteiger partial charge in [-0.3, -0.25) is 19.2 Å². The first-order valence-electron chi connectivity index (χ1n) is 9.28. The molecule has 0 heterocycles. The predicted molar refractivity (Wildman–Crippen MR) is 110 cm³/mol. The number of rotatable bonds is 13. The maximum atomic E-state index is 12.6. The molecule has 12 nitrogen and oxygen atoms in total. The molecule has 0 aromatic carbocycles. The second-order valence-corrected chi connectivity index (χ2v) is 7.52. The van der Waals surface area contributed by atoms with Crippen LogP contribution < -0.4 is 27.4 Å². The van der Waals surface area contributed by atoms with Crippen molar-refractivity contribution in [3.8, 4) is 0 Å². The molecular formula is C17H31N5O7S. The summed E-state index contributed by atoms with van der Waals surface area (Å²) >= 11 is 3.89. The van der Waals surface area contributed by atoms with E-state index in [1.807, 2.05) is 0 Å². The van der Waals surface area contributed by atoms with Crippen LogP contribution in [0.4, 0.5) is 0 Å². The number of primary amides is 1. The first-order chi connectivity index (χ1) is 13.8. The van der Waals surface area contributed by atoms with Gasteiger partial charge in [0, 0.05) is 12.2 Å². The highest BCUT2D eigenvalue weighted by atomic mass is 32.1. The molecule has 5 atom stereocenters. The first kappa shape index (κ1) is 27.6. The highest BCUT2D eigenvalue weighted by Crippen LogP contribution is 2.05. The number of carbonyl (C=O) groups excluding carboxylic acids is 4. The van der Waals surface area contributed by atoms with E-state index in [2.05, 4.69) is 28.6 Å². The summed E-state index contributed by atoms with van der Waals surface area (Å²) in [6, 6.07) is -5.04. The molecule has 172 valence electrons. The number of amides is 4. The Bertz CT molecular complexity index is 644. The Hall–Kier alpha value is -2.38. The predicted octanol–water partition coefficient (Wildman–Crippen LogP) is -2.92. The van der Waals surface area contributed by atoms with E-state index in [0.29, 0.717) is 0 Å². The van der Waals surface area contributed by atoms with Gasteiger partial charge in [-0.05, 0) is 19.3 Å². The highest BCUT2D eigenvalue weighted by Gasteiger charge is 2.33. The minimum atomic E-state index is -1.51. The van der Waals surface area contributed by atoms with Crippen LogP contribution in [0.15, 0.2) is 0 Å². The van der Waals surface area contributed by atoms with Crippen LogP contribution in [-0.4, -0.2) is 75.8 Å². The van der Waals surface area contributed by atoms with E-state index in [9.17, 15) is 34.2 Å². The monoisotopic (exact) mass is 449 g/mol. The molecule has 0 aromatic heterocycles. The van der Waals surface area contributed by atoms with Crippen molar-refractivity contribution in [3.63, 3.8) is 0 Å². The number of aliphatic carboxylic acids is 1. The van der Waals surface area contributed by atoms with E-state index in [-0.39, 0.29) is 18.6 Å². The molecule has 5 unspecified atom stereocenters. The Labute approximate surface area is 179 Å². The Morgan fingerprint density at radius 2 is 1.47 bits per heavy atom. The number of carboxylic acids is 1.